The molecule has 0 unspecified atom stereocenters. The molecule has 0 saturated heterocycles. The van der Waals surface area contributed by atoms with Crippen LogP contribution in [0, 0.1) is 0 Å². The van der Waals surface area contributed by atoms with E-state index >= 15 is 0 Å². The molecule has 24 heavy (non-hydrogen) atoms. The van der Waals surface area contributed by atoms with Crippen molar-refractivity contribution in [2.45, 2.75) is 6.54 Å². The minimum absolute atomic E-state index is 0.764. The van der Waals surface area contributed by atoms with Crippen molar-refractivity contribution in [2.75, 3.05) is 11.9 Å². The van der Waals surface area contributed by atoms with E-state index in [1.165, 1.54) is 0 Å². The Kier molecular flexibility index (Phi) is 3.67. The van der Waals surface area contributed by atoms with Crippen LogP contribution in [0.1, 0.15) is 5.56 Å². The molecule has 0 atom stereocenters. The average Bonchev–Trinajstić information content (AvgIpc) is 3.11. The van der Waals surface area contributed by atoms with Crippen LogP contribution in [0.3, 0.4) is 0 Å². The largest absolute Gasteiger partial charge is 0.355 e. The molecule has 5 nitrogen and oxygen atoms in total. The fourth-order valence-corrected chi connectivity index (χ4v) is 2.82. The van der Waals surface area contributed by atoms with Gasteiger partial charge in [0.25, 0.3) is 0 Å². The van der Waals surface area contributed by atoms with Crippen LogP contribution in [0.25, 0.3) is 22.3 Å². The molecule has 4 rings (SSSR count). The van der Waals surface area contributed by atoms with Gasteiger partial charge in [0.2, 0.25) is 0 Å². The van der Waals surface area contributed by atoms with Gasteiger partial charge in [-0.15, -0.1) is 0 Å². The Morgan fingerprint density at radius 1 is 1.04 bits per heavy atom. The van der Waals surface area contributed by atoms with Gasteiger partial charge in [-0.05, 0) is 35.9 Å². The van der Waals surface area contributed by atoms with Gasteiger partial charge in [-0.2, -0.15) is 0 Å². The van der Waals surface area contributed by atoms with Gasteiger partial charge >= 0.3 is 0 Å². The fraction of sp³-hybridized carbons (Fsp3) is 0.105. The minimum Gasteiger partial charge on any atom is -0.355 e. The van der Waals surface area contributed by atoms with Crippen molar-refractivity contribution < 1.29 is 0 Å². The molecule has 4 heterocycles. The summed E-state index contributed by atoms with van der Waals surface area (Å²) >= 11 is 0. The standard InChI is InChI=1S/C19H17N5/c1-24(13-14-4-3-9-20-12-14)18-6-2-5-17(23-18)15-7-10-21-19-16(15)8-11-22-19/h2-12H,13H2,1H3,(H,21,22). The van der Waals surface area contributed by atoms with Gasteiger partial charge in [0.1, 0.15) is 11.5 Å². The molecule has 0 aliphatic carbocycles. The number of nitrogens with one attached hydrogen (secondary N) is 1. The van der Waals surface area contributed by atoms with Gasteiger partial charge < -0.3 is 9.88 Å². The first kappa shape index (κ1) is 14.4. The smallest absolute Gasteiger partial charge is 0.137 e. The number of fused-ring (bicyclic) bond motifs is 1. The van der Waals surface area contributed by atoms with Crippen molar-refractivity contribution in [3.63, 3.8) is 0 Å². The van der Waals surface area contributed by atoms with Crippen LogP contribution in [-0.4, -0.2) is 27.0 Å². The molecule has 0 aliphatic rings. The zero-order valence-corrected chi connectivity index (χ0v) is 13.3. The molecule has 0 amide bonds. The second-order valence-corrected chi connectivity index (χ2v) is 5.70. The zero-order valence-electron chi connectivity index (χ0n) is 13.3. The molecule has 0 aromatic carbocycles. The van der Waals surface area contributed by atoms with Crippen molar-refractivity contribution >= 4 is 16.9 Å². The lowest BCUT2D eigenvalue weighted by Gasteiger charge is -2.19. The van der Waals surface area contributed by atoms with Crippen molar-refractivity contribution in [3.05, 3.63) is 72.8 Å². The van der Waals surface area contributed by atoms with Gasteiger partial charge in [0.05, 0.1) is 5.69 Å². The second kappa shape index (κ2) is 6.12. The van der Waals surface area contributed by atoms with Gasteiger partial charge in [-0.1, -0.05) is 12.1 Å². The monoisotopic (exact) mass is 315 g/mol. The topological polar surface area (TPSA) is 57.7 Å². The molecule has 1 N–H and O–H groups in total. The van der Waals surface area contributed by atoms with E-state index in [2.05, 4.69) is 25.9 Å². The lowest BCUT2D eigenvalue weighted by Crippen LogP contribution is -2.17. The summed E-state index contributed by atoms with van der Waals surface area (Å²) in [5.74, 6) is 0.928. The number of aromatic nitrogens is 4. The second-order valence-electron chi connectivity index (χ2n) is 5.70. The van der Waals surface area contributed by atoms with E-state index in [0.717, 1.165) is 40.2 Å². The van der Waals surface area contributed by atoms with Crippen molar-refractivity contribution in [3.8, 4) is 11.3 Å². The summed E-state index contributed by atoms with van der Waals surface area (Å²) < 4.78 is 0. The molecule has 118 valence electrons. The molecule has 4 aromatic heterocycles. The van der Waals surface area contributed by atoms with Crippen molar-refractivity contribution in [1.29, 1.82) is 0 Å². The van der Waals surface area contributed by atoms with E-state index in [1.54, 1.807) is 6.20 Å². The van der Waals surface area contributed by atoms with E-state index in [9.17, 15) is 0 Å². The number of hydrogen-bond acceptors (Lipinski definition) is 4. The third-order valence-electron chi connectivity index (χ3n) is 4.00. The van der Waals surface area contributed by atoms with Gasteiger partial charge in [-0.3, -0.25) is 4.98 Å². The van der Waals surface area contributed by atoms with Gasteiger partial charge in [0.15, 0.2) is 0 Å². The summed E-state index contributed by atoms with van der Waals surface area (Å²) in [7, 11) is 2.04. The van der Waals surface area contributed by atoms with Crippen LogP contribution in [0.5, 0.6) is 0 Å². The molecule has 0 saturated carbocycles. The first-order valence-electron chi connectivity index (χ1n) is 7.81. The van der Waals surface area contributed by atoms with Gasteiger partial charge in [0, 0.05) is 49.3 Å². The highest BCUT2D eigenvalue weighted by Crippen LogP contribution is 2.27. The third kappa shape index (κ3) is 2.72. The summed E-state index contributed by atoms with van der Waals surface area (Å²) in [5.41, 5.74) is 4.06. The maximum absolute atomic E-state index is 4.83. The predicted molar refractivity (Wildman–Crippen MR) is 95.7 cm³/mol. The van der Waals surface area contributed by atoms with Crippen LogP contribution >= 0.6 is 0 Å². The van der Waals surface area contributed by atoms with Crippen LogP contribution < -0.4 is 4.90 Å². The Labute approximate surface area is 140 Å². The molecule has 0 radical (unpaired) electrons. The Morgan fingerprint density at radius 3 is 2.88 bits per heavy atom. The summed E-state index contributed by atoms with van der Waals surface area (Å²) in [6.45, 7) is 0.764. The summed E-state index contributed by atoms with van der Waals surface area (Å²) in [6.07, 6.45) is 7.38. The van der Waals surface area contributed by atoms with Crippen LogP contribution in [-0.2, 0) is 6.54 Å². The van der Waals surface area contributed by atoms with Crippen LogP contribution in [0.15, 0.2) is 67.3 Å². The predicted octanol–water partition coefficient (Wildman–Crippen LogP) is 3.66. The summed E-state index contributed by atoms with van der Waals surface area (Å²) in [6, 6.07) is 14.1. The van der Waals surface area contributed by atoms with E-state index in [1.807, 2.05) is 62.0 Å². The van der Waals surface area contributed by atoms with Crippen molar-refractivity contribution in [1.82, 2.24) is 19.9 Å². The Morgan fingerprint density at radius 2 is 2.00 bits per heavy atom. The van der Waals surface area contributed by atoms with E-state index in [0.29, 0.717) is 0 Å². The maximum atomic E-state index is 4.83. The van der Waals surface area contributed by atoms with Crippen LogP contribution in [0.2, 0.25) is 0 Å². The number of nitrogens with zero attached hydrogens (tertiary/aromatic N) is 4. The molecule has 0 aliphatic heterocycles. The first-order valence-corrected chi connectivity index (χ1v) is 7.81. The highest BCUT2D eigenvalue weighted by molar-refractivity contribution is 5.91. The van der Waals surface area contributed by atoms with Gasteiger partial charge in [-0.25, -0.2) is 9.97 Å². The molecule has 4 aromatic rings. The average molecular weight is 315 g/mol. The van der Waals surface area contributed by atoms with Crippen LogP contribution in [0.4, 0.5) is 5.82 Å². The normalized spacial score (nSPS) is 10.9. The van der Waals surface area contributed by atoms with Crippen molar-refractivity contribution in [2.24, 2.45) is 0 Å². The first-order chi connectivity index (χ1) is 11.8. The molecule has 0 spiro atoms. The number of anilines is 1. The lowest BCUT2D eigenvalue weighted by atomic mass is 10.1. The molecule has 0 bridgehead atoms. The van der Waals surface area contributed by atoms with E-state index in [-0.39, 0.29) is 0 Å². The highest BCUT2D eigenvalue weighted by Gasteiger charge is 2.09. The third-order valence-corrected chi connectivity index (χ3v) is 4.00. The summed E-state index contributed by atoms with van der Waals surface area (Å²) in [5, 5.41) is 1.08. The Balaban J connectivity index is 1.67. The Hall–Kier alpha value is -3.21. The fourth-order valence-electron chi connectivity index (χ4n) is 2.82. The number of pyridine rings is 3. The Bertz CT molecular complexity index is 962. The quantitative estimate of drug-likeness (QED) is 0.624. The molecule has 5 heteroatoms. The SMILES string of the molecule is CN(Cc1cccnc1)c1cccc(-c2ccnc3[nH]ccc23)n1. The highest BCUT2D eigenvalue weighted by atomic mass is 15.2. The van der Waals surface area contributed by atoms with E-state index < -0.39 is 0 Å². The number of aromatic amines is 1. The summed E-state index contributed by atoms with van der Waals surface area (Å²) in [4.78, 5) is 18.6. The zero-order chi connectivity index (χ0) is 16.4. The van der Waals surface area contributed by atoms with E-state index in [4.69, 9.17) is 4.98 Å². The number of rotatable bonds is 4. The molecule has 0 fully saturated rings. The molecular weight excluding hydrogens is 298 g/mol. The minimum atomic E-state index is 0.764. The molecular formula is C19H17N5. The number of H-pyrrole nitrogens is 1. The lowest BCUT2D eigenvalue weighted by molar-refractivity contribution is 0.893. The number of hydrogen-bond donors (Lipinski definition) is 1. The maximum Gasteiger partial charge on any atom is 0.137 e.